The van der Waals surface area contributed by atoms with Gasteiger partial charge < -0.3 is 10.3 Å². The summed E-state index contributed by atoms with van der Waals surface area (Å²) in [7, 11) is 0. The maximum absolute atomic E-state index is 9.30. The zero-order chi connectivity index (χ0) is 8.81. The molecule has 1 rings (SSSR count). The van der Waals surface area contributed by atoms with Crippen molar-refractivity contribution in [3.63, 3.8) is 0 Å². The summed E-state index contributed by atoms with van der Waals surface area (Å²) in [5.74, 6) is 0.295. The van der Waals surface area contributed by atoms with Gasteiger partial charge in [0.05, 0.1) is 0 Å². The second kappa shape index (κ2) is 4.38. The molecule has 0 saturated heterocycles. The van der Waals surface area contributed by atoms with Crippen LogP contribution < -0.4 is 0 Å². The third-order valence-electron chi connectivity index (χ3n) is 1.62. The predicted octanol–water partition coefficient (Wildman–Crippen LogP) is 1.78. The molecule has 0 aliphatic carbocycles. The molecule has 0 atom stereocenters. The van der Waals surface area contributed by atoms with E-state index in [2.05, 4.69) is 5.16 Å². The highest BCUT2D eigenvalue weighted by molar-refractivity contribution is 5.57. The Kier molecular flexibility index (Phi) is 3.14. The Balaban J connectivity index is 2.57. The molecule has 3 heteroatoms. The zero-order valence-electron chi connectivity index (χ0n) is 6.64. The second-order valence-electron chi connectivity index (χ2n) is 2.47. The Morgan fingerprint density at radius 3 is 2.75 bits per heavy atom. The van der Waals surface area contributed by atoms with Crippen LogP contribution in [0.15, 0.2) is 29.4 Å². The molecule has 0 aliphatic heterocycles. The standard InChI is InChI=1S/C9H11NO2/c11-9-6-2-1-4-8(9)5-3-7-10-12/h1-2,4,6-7,11-12H,3,5H2. The van der Waals surface area contributed by atoms with Crippen molar-refractivity contribution in [2.75, 3.05) is 0 Å². The van der Waals surface area contributed by atoms with E-state index in [9.17, 15) is 5.11 Å². The minimum atomic E-state index is 0.295. The summed E-state index contributed by atoms with van der Waals surface area (Å²) in [4.78, 5) is 0. The van der Waals surface area contributed by atoms with Gasteiger partial charge in [-0.2, -0.15) is 0 Å². The van der Waals surface area contributed by atoms with Crippen LogP contribution in [0.2, 0.25) is 0 Å². The number of phenols is 1. The van der Waals surface area contributed by atoms with Gasteiger partial charge in [0.2, 0.25) is 0 Å². The third kappa shape index (κ3) is 2.27. The topological polar surface area (TPSA) is 52.8 Å². The molecule has 0 aromatic heterocycles. The Morgan fingerprint density at radius 1 is 1.33 bits per heavy atom. The van der Waals surface area contributed by atoms with Crippen LogP contribution in [0.25, 0.3) is 0 Å². The van der Waals surface area contributed by atoms with E-state index in [0.29, 0.717) is 18.6 Å². The maximum atomic E-state index is 9.30. The molecule has 0 aliphatic rings. The van der Waals surface area contributed by atoms with Gasteiger partial charge in [0, 0.05) is 6.21 Å². The fourth-order valence-corrected chi connectivity index (χ4v) is 1.00. The van der Waals surface area contributed by atoms with Gasteiger partial charge in [-0.3, -0.25) is 0 Å². The van der Waals surface area contributed by atoms with E-state index in [-0.39, 0.29) is 0 Å². The Morgan fingerprint density at radius 2 is 2.08 bits per heavy atom. The molecule has 0 spiro atoms. The normalized spacial score (nSPS) is 10.7. The van der Waals surface area contributed by atoms with Crippen LogP contribution in [-0.4, -0.2) is 16.5 Å². The maximum Gasteiger partial charge on any atom is 0.118 e. The number of nitrogens with zero attached hydrogens (tertiary/aromatic N) is 1. The van der Waals surface area contributed by atoms with Crippen LogP contribution in [0.1, 0.15) is 12.0 Å². The summed E-state index contributed by atoms with van der Waals surface area (Å²) in [6.07, 6.45) is 2.73. The van der Waals surface area contributed by atoms with Gasteiger partial charge in [0.15, 0.2) is 0 Å². The Bertz CT molecular complexity index is 271. The first-order chi connectivity index (χ1) is 5.84. The second-order valence-corrected chi connectivity index (χ2v) is 2.47. The fraction of sp³-hybridized carbons (Fsp3) is 0.222. The van der Waals surface area contributed by atoms with Crippen LogP contribution in [0.3, 0.4) is 0 Å². The predicted molar refractivity (Wildman–Crippen MR) is 46.7 cm³/mol. The van der Waals surface area contributed by atoms with Gasteiger partial charge in [-0.25, -0.2) is 0 Å². The summed E-state index contributed by atoms with van der Waals surface area (Å²) >= 11 is 0. The summed E-state index contributed by atoms with van der Waals surface area (Å²) in [6, 6.07) is 7.13. The fourth-order valence-electron chi connectivity index (χ4n) is 1.00. The van der Waals surface area contributed by atoms with E-state index in [4.69, 9.17) is 5.21 Å². The first-order valence-corrected chi connectivity index (χ1v) is 3.77. The highest BCUT2D eigenvalue weighted by atomic mass is 16.4. The third-order valence-corrected chi connectivity index (χ3v) is 1.62. The number of phenolic OH excluding ortho intramolecular Hbond substituents is 1. The number of rotatable bonds is 3. The molecule has 0 saturated carbocycles. The van der Waals surface area contributed by atoms with Gasteiger partial charge >= 0.3 is 0 Å². The lowest BCUT2D eigenvalue weighted by Crippen LogP contribution is -1.86. The number of hydrogen-bond donors (Lipinski definition) is 2. The van der Waals surface area contributed by atoms with Crippen molar-refractivity contribution in [2.45, 2.75) is 12.8 Å². The van der Waals surface area contributed by atoms with E-state index in [1.165, 1.54) is 6.21 Å². The average molecular weight is 165 g/mol. The lowest BCUT2D eigenvalue weighted by Gasteiger charge is -1.99. The van der Waals surface area contributed by atoms with Crippen molar-refractivity contribution in [3.05, 3.63) is 29.8 Å². The van der Waals surface area contributed by atoms with Gasteiger partial charge in [0.25, 0.3) is 0 Å². The van der Waals surface area contributed by atoms with E-state index in [0.717, 1.165) is 5.56 Å². The SMILES string of the molecule is ON=CCCc1ccccc1O. The van der Waals surface area contributed by atoms with Crippen molar-refractivity contribution >= 4 is 6.21 Å². The summed E-state index contributed by atoms with van der Waals surface area (Å²) in [5.41, 5.74) is 0.873. The van der Waals surface area contributed by atoms with Crippen molar-refractivity contribution in [3.8, 4) is 5.75 Å². The van der Waals surface area contributed by atoms with Crippen molar-refractivity contribution in [2.24, 2.45) is 5.16 Å². The molecular weight excluding hydrogens is 154 g/mol. The number of oxime groups is 1. The van der Waals surface area contributed by atoms with E-state index < -0.39 is 0 Å². The molecule has 0 unspecified atom stereocenters. The molecule has 12 heavy (non-hydrogen) atoms. The highest BCUT2D eigenvalue weighted by Crippen LogP contribution is 2.16. The minimum Gasteiger partial charge on any atom is -0.508 e. The number of aryl methyl sites for hydroxylation is 1. The van der Waals surface area contributed by atoms with Crippen LogP contribution in [-0.2, 0) is 6.42 Å². The molecule has 1 aromatic rings. The van der Waals surface area contributed by atoms with Gasteiger partial charge in [-0.15, -0.1) is 5.16 Å². The summed E-state index contributed by atoms with van der Waals surface area (Å²) in [5, 5.41) is 20.3. The van der Waals surface area contributed by atoms with Gasteiger partial charge in [0.1, 0.15) is 5.75 Å². The first-order valence-electron chi connectivity index (χ1n) is 3.77. The molecule has 3 nitrogen and oxygen atoms in total. The molecule has 2 N–H and O–H groups in total. The summed E-state index contributed by atoms with van der Waals surface area (Å²) in [6.45, 7) is 0. The quantitative estimate of drug-likeness (QED) is 0.407. The van der Waals surface area contributed by atoms with Crippen LogP contribution in [0.4, 0.5) is 0 Å². The van der Waals surface area contributed by atoms with E-state index in [1.54, 1.807) is 12.1 Å². The monoisotopic (exact) mass is 165 g/mol. The summed E-state index contributed by atoms with van der Waals surface area (Å²) < 4.78 is 0. The molecule has 0 amide bonds. The molecule has 0 heterocycles. The highest BCUT2D eigenvalue weighted by Gasteiger charge is 1.96. The Hall–Kier alpha value is -1.51. The average Bonchev–Trinajstić information content (AvgIpc) is 2.09. The molecule has 0 fully saturated rings. The van der Waals surface area contributed by atoms with Gasteiger partial charge in [-0.05, 0) is 24.5 Å². The van der Waals surface area contributed by atoms with Crippen LogP contribution >= 0.6 is 0 Å². The Labute approximate surface area is 71.0 Å². The zero-order valence-corrected chi connectivity index (χ0v) is 6.64. The van der Waals surface area contributed by atoms with E-state index in [1.807, 2.05) is 12.1 Å². The smallest absolute Gasteiger partial charge is 0.118 e. The number of hydrogen-bond acceptors (Lipinski definition) is 3. The lowest BCUT2D eigenvalue weighted by atomic mass is 10.1. The van der Waals surface area contributed by atoms with Crippen molar-refractivity contribution in [1.29, 1.82) is 0 Å². The minimum absolute atomic E-state index is 0.295. The van der Waals surface area contributed by atoms with Crippen molar-refractivity contribution in [1.82, 2.24) is 0 Å². The molecule has 0 radical (unpaired) electrons. The first kappa shape index (κ1) is 8.59. The number of benzene rings is 1. The number of aromatic hydroxyl groups is 1. The van der Waals surface area contributed by atoms with Crippen LogP contribution in [0, 0.1) is 0 Å². The largest absolute Gasteiger partial charge is 0.508 e. The molecular formula is C9H11NO2. The number of para-hydroxylation sites is 1. The molecule has 0 bridgehead atoms. The van der Waals surface area contributed by atoms with Gasteiger partial charge in [-0.1, -0.05) is 18.2 Å². The van der Waals surface area contributed by atoms with Crippen molar-refractivity contribution < 1.29 is 10.3 Å². The molecule has 64 valence electrons. The van der Waals surface area contributed by atoms with E-state index >= 15 is 0 Å². The van der Waals surface area contributed by atoms with Crippen LogP contribution in [0.5, 0.6) is 5.75 Å². The molecule has 1 aromatic carbocycles. The lowest BCUT2D eigenvalue weighted by molar-refractivity contribution is 0.320.